The van der Waals surface area contributed by atoms with Crippen LogP contribution in [0.25, 0.3) is 0 Å². The van der Waals surface area contributed by atoms with Gasteiger partial charge in [0.2, 0.25) is 0 Å². The molecule has 1 unspecified atom stereocenters. The molecule has 102 valence electrons. The summed E-state index contributed by atoms with van der Waals surface area (Å²) in [5.41, 5.74) is 2.37. The Balaban J connectivity index is 2.40. The topological polar surface area (TPSA) is 42.7 Å². The molecule has 1 atom stereocenters. The maximum Gasteiger partial charge on any atom is 0.131 e. The van der Waals surface area contributed by atoms with E-state index < -0.39 is 0 Å². The van der Waals surface area contributed by atoms with Gasteiger partial charge in [0, 0.05) is 25.6 Å². The highest BCUT2D eigenvalue weighted by Gasteiger charge is 2.20. The molecule has 1 N–H and O–H groups in total. The SMILES string of the molecule is CCCNC(c1ncccc1CC)c1nccn1C. The number of aryl methyl sites for hydroxylation is 2. The van der Waals surface area contributed by atoms with Crippen LogP contribution >= 0.6 is 0 Å². The van der Waals surface area contributed by atoms with Crippen LogP contribution in [0.4, 0.5) is 0 Å². The van der Waals surface area contributed by atoms with Crippen LogP contribution in [0.15, 0.2) is 30.7 Å². The lowest BCUT2D eigenvalue weighted by molar-refractivity contribution is 0.541. The summed E-state index contributed by atoms with van der Waals surface area (Å²) >= 11 is 0. The highest BCUT2D eigenvalue weighted by atomic mass is 15.1. The van der Waals surface area contributed by atoms with Crippen LogP contribution in [0.3, 0.4) is 0 Å². The van der Waals surface area contributed by atoms with Crippen molar-refractivity contribution in [2.45, 2.75) is 32.7 Å². The van der Waals surface area contributed by atoms with Crippen molar-refractivity contribution in [3.05, 3.63) is 47.8 Å². The van der Waals surface area contributed by atoms with Crippen LogP contribution in [-0.4, -0.2) is 21.1 Å². The summed E-state index contributed by atoms with van der Waals surface area (Å²) in [5, 5.41) is 3.56. The normalized spacial score (nSPS) is 12.6. The minimum Gasteiger partial charge on any atom is -0.336 e. The number of hydrogen-bond donors (Lipinski definition) is 1. The Morgan fingerprint density at radius 1 is 1.26 bits per heavy atom. The van der Waals surface area contributed by atoms with Gasteiger partial charge in [-0.2, -0.15) is 0 Å². The van der Waals surface area contributed by atoms with E-state index in [1.807, 2.05) is 31.7 Å². The number of aromatic nitrogens is 3. The summed E-state index contributed by atoms with van der Waals surface area (Å²) < 4.78 is 2.06. The predicted molar refractivity (Wildman–Crippen MR) is 77.0 cm³/mol. The maximum atomic E-state index is 4.58. The molecular weight excluding hydrogens is 236 g/mol. The second kappa shape index (κ2) is 6.48. The molecule has 0 aliphatic carbocycles. The molecule has 0 saturated carbocycles. The Bertz CT molecular complexity index is 518. The highest BCUT2D eigenvalue weighted by molar-refractivity contribution is 5.27. The van der Waals surface area contributed by atoms with Crippen molar-refractivity contribution in [2.75, 3.05) is 6.54 Å². The van der Waals surface area contributed by atoms with E-state index in [2.05, 4.69) is 39.8 Å². The third-order valence-electron chi connectivity index (χ3n) is 3.30. The summed E-state index contributed by atoms with van der Waals surface area (Å²) in [6, 6.07) is 4.21. The lowest BCUT2D eigenvalue weighted by atomic mass is 10.0. The molecule has 0 aliphatic rings. The summed E-state index contributed by atoms with van der Waals surface area (Å²) in [6.45, 7) is 5.29. The van der Waals surface area contributed by atoms with E-state index in [9.17, 15) is 0 Å². The fourth-order valence-electron chi connectivity index (χ4n) is 2.26. The Morgan fingerprint density at radius 2 is 2.11 bits per heavy atom. The van der Waals surface area contributed by atoms with Gasteiger partial charge in [0.15, 0.2) is 0 Å². The van der Waals surface area contributed by atoms with Gasteiger partial charge in [0.05, 0.1) is 5.69 Å². The first-order valence-electron chi connectivity index (χ1n) is 6.92. The Hall–Kier alpha value is -1.68. The van der Waals surface area contributed by atoms with Crippen molar-refractivity contribution in [1.82, 2.24) is 19.9 Å². The molecule has 0 bridgehead atoms. The van der Waals surface area contributed by atoms with Crippen molar-refractivity contribution in [1.29, 1.82) is 0 Å². The van der Waals surface area contributed by atoms with Crippen molar-refractivity contribution < 1.29 is 0 Å². The average molecular weight is 258 g/mol. The van der Waals surface area contributed by atoms with Gasteiger partial charge in [-0.15, -0.1) is 0 Å². The molecule has 0 saturated heterocycles. The third kappa shape index (κ3) is 3.01. The number of imidazole rings is 1. The molecule has 4 nitrogen and oxygen atoms in total. The Labute approximate surface area is 114 Å². The first-order chi connectivity index (χ1) is 9.27. The number of pyridine rings is 1. The molecule has 0 radical (unpaired) electrons. The van der Waals surface area contributed by atoms with Crippen LogP contribution in [0.1, 0.15) is 43.4 Å². The van der Waals surface area contributed by atoms with Gasteiger partial charge in [-0.05, 0) is 31.0 Å². The lowest BCUT2D eigenvalue weighted by Crippen LogP contribution is -2.27. The van der Waals surface area contributed by atoms with Gasteiger partial charge in [-0.25, -0.2) is 4.98 Å². The number of hydrogen-bond acceptors (Lipinski definition) is 3. The number of nitrogens with one attached hydrogen (secondary N) is 1. The van der Waals surface area contributed by atoms with Gasteiger partial charge in [-0.3, -0.25) is 4.98 Å². The largest absolute Gasteiger partial charge is 0.336 e. The first kappa shape index (κ1) is 13.7. The van der Waals surface area contributed by atoms with Gasteiger partial charge >= 0.3 is 0 Å². The molecule has 0 amide bonds. The van der Waals surface area contributed by atoms with Crippen LogP contribution in [0.5, 0.6) is 0 Å². The summed E-state index contributed by atoms with van der Waals surface area (Å²) in [7, 11) is 2.03. The Morgan fingerprint density at radius 3 is 2.74 bits per heavy atom. The standard InChI is InChI=1S/C15H22N4/c1-4-8-16-14(15-18-10-11-19(15)3)13-12(5-2)7-6-9-17-13/h6-7,9-11,14,16H,4-5,8H2,1-3H3. The van der Waals surface area contributed by atoms with Crippen molar-refractivity contribution >= 4 is 0 Å². The predicted octanol–water partition coefficient (Wildman–Crippen LogP) is 2.47. The van der Waals surface area contributed by atoms with E-state index in [-0.39, 0.29) is 6.04 Å². The Kier molecular flexibility index (Phi) is 4.68. The molecule has 0 spiro atoms. The molecule has 0 aromatic carbocycles. The van der Waals surface area contributed by atoms with E-state index in [1.165, 1.54) is 5.56 Å². The van der Waals surface area contributed by atoms with Crippen LogP contribution in [-0.2, 0) is 13.5 Å². The number of nitrogens with zero attached hydrogens (tertiary/aromatic N) is 3. The summed E-state index contributed by atoms with van der Waals surface area (Å²) in [5.74, 6) is 1.02. The summed E-state index contributed by atoms with van der Waals surface area (Å²) in [4.78, 5) is 9.07. The second-order valence-corrected chi connectivity index (χ2v) is 4.68. The second-order valence-electron chi connectivity index (χ2n) is 4.68. The minimum atomic E-state index is 0.0658. The minimum absolute atomic E-state index is 0.0658. The van der Waals surface area contributed by atoms with E-state index in [1.54, 1.807) is 0 Å². The molecule has 4 heteroatoms. The molecule has 0 aliphatic heterocycles. The van der Waals surface area contributed by atoms with Gasteiger partial charge in [0.1, 0.15) is 11.9 Å². The fraction of sp³-hybridized carbons (Fsp3) is 0.467. The molecule has 2 heterocycles. The third-order valence-corrected chi connectivity index (χ3v) is 3.30. The highest BCUT2D eigenvalue weighted by Crippen LogP contribution is 2.22. The van der Waals surface area contributed by atoms with E-state index >= 15 is 0 Å². The fourth-order valence-corrected chi connectivity index (χ4v) is 2.26. The number of rotatable bonds is 6. The first-order valence-corrected chi connectivity index (χ1v) is 6.92. The molecule has 2 aromatic heterocycles. The van der Waals surface area contributed by atoms with Gasteiger partial charge < -0.3 is 9.88 Å². The molecule has 2 rings (SSSR count). The smallest absolute Gasteiger partial charge is 0.131 e. The van der Waals surface area contributed by atoms with E-state index in [4.69, 9.17) is 0 Å². The summed E-state index contributed by atoms with van der Waals surface area (Å²) in [6.07, 6.45) is 7.75. The van der Waals surface area contributed by atoms with Crippen LogP contribution in [0.2, 0.25) is 0 Å². The molecule has 2 aromatic rings. The lowest BCUT2D eigenvalue weighted by Gasteiger charge is -2.20. The van der Waals surface area contributed by atoms with Crippen LogP contribution in [0, 0.1) is 0 Å². The van der Waals surface area contributed by atoms with Gasteiger partial charge in [-0.1, -0.05) is 19.9 Å². The van der Waals surface area contributed by atoms with Crippen molar-refractivity contribution in [3.63, 3.8) is 0 Å². The molecule has 19 heavy (non-hydrogen) atoms. The van der Waals surface area contributed by atoms with Gasteiger partial charge in [0.25, 0.3) is 0 Å². The zero-order chi connectivity index (χ0) is 13.7. The average Bonchev–Trinajstić information content (AvgIpc) is 2.86. The van der Waals surface area contributed by atoms with Crippen molar-refractivity contribution in [2.24, 2.45) is 7.05 Å². The molecule has 0 fully saturated rings. The zero-order valence-corrected chi connectivity index (χ0v) is 11.9. The maximum absolute atomic E-state index is 4.58. The van der Waals surface area contributed by atoms with Crippen molar-refractivity contribution in [3.8, 4) is 0 Å². The van der Waals surface area contributed by atoms with E-state index in [0.29, 0.717) is 0 Å². The van der Waals surface area contributed by atoms with E-state index in [0.717, 1.165) is 30.9 Å². The van der Waals surface area contributed by atoms with Crippen LogP contribution < -0.4 is 5.32 Å². The molecular formula is C15H22N4. The quantitative estimate of drug-likeness (QED) is 0.865. The monoisotopic (exact) mass is 258 g/mol. The zero-order valence-electron chi connectivity index (χ0n) is 11.9.